The summed E-state index contributed by atoms with van der Waals surface area (Å²) in [5.74, 6) is 4.68. The second-order valence-electron chi connectivity index (χ2n) is 3.32. The first-order valence-corrected chi connectivity index (χ1v) is 5.99. The predicted molar refractivity (Wildman–Crippen MR) is 66.1 cm³/mol. The molecule has 4 nitrogen and oxygen atoms in total. The van der Waals surface area contributed by atoms with E-state index in [1.165, 1.54) is 11.3 Å². The van der Waals surface area contributed by atoms with E-state index in [1.54, 1.807) is 12.1 Å². The van der Waals surface area contributed by atoms with E-state index in [-0.39, 0.29) is 18.6 Å². The van der Waals surface area contributed by atoms with Gasteiger partial charge >= 0.3 is 5.97 Å². The molecule has 0 fully saturated rings. The third kappa shape index (κ3) is 4.81. The summed E-state index contributed by atoms with van der Waals surface area (Å²) in [4.78, 5) is 23.3. The second kappa shape index (κ2) is 6.84. The fraction of sp³-hybridized carbons (Fsp3) is 0.333. The number of hydrogen-bond acceptors (Lipinski definition) is 4. The van der Waals surface area contributed by atoms with Crippen LogP contribution in [0.3, 0.4) is 0 Å². The van der Waals surface area contributed by atoms with E-state index < -0.39 is 5.97 Å². The first kappa shape index (κ1) is 13.4. The molecule has 1 heterocycles. The summed E-state index contributed by atoms with van der Waals surface area (Å²) in [7, 11) is 0. The Morgan fingerprint density at radius 2 is 2.12 bits per heavy atom. The maximum absolute atomic E-state index is 11.6. The molecule has 1 aromatic heterocycles. The molecule has 0 bridgehead atoms. The van der Waals surface area contributed by atoms with Crippen LogP contribution in [0.1, 0.15) is 33.8 Å². The van der Waals surface area contributed by atoms with Crippen molar-refractivity contribution in [3.8, 4) is 11.8 Å². The third-order valence-corrected chi connectivity index (χ3v) is 2.97. The van der Waals surface area contributed by atoms with Gasteiger partial charge in [0.2, 0.25) is 0 Å². The van der Waals surface area contributed by atoms with E-state index in [0.29, 0.717) is 17.8 Å². The molecule has 0 unspecified atom stereocenters. The predicted octanol–water partition coefficient (Wildman–Crippen LogP) is 1.50. The van der Waals surface area contributed by atoms with Gasteiger partial charge in [0.05, 0.1) is 16.2 Å². The van der Waals surface area contributed by atoms with Gasteiger partial charge in [0.1, 0.15) is 0 Å². The monoisotopic (exact) mass is 251 g/mol. The van der Waals surface area contributed by atoms with Crippen LogP contribution in [0.5, 0.6) is 0 Å². The zero-order valence-corrected chi connectivity index (χ0v) is 10.0. The van der Waals surface area contributed by atoms with Crippen molar-refractivity contribution in [2.45, 2.75) is 19.3 Å². The summed E-state index contributed by atoms with van der Waals surface area (Å²) in [6.45, 7) is 0.517. The van der Waals surface area contributed by atoms with Crippen LogP contribution in [-0.4, -0.2) is 23.4 Å². The highest BCUT2D eigenvalue weighted by molar-refractivity contribution is 7.14. The van der Waals surface area contributed by atoms with Gasteiger partial charge < -0.3 is 10.8 Å². The first-order chi connectivity index (χ1) is 8.13. The van der Waals surface area contributed by atoms with E-state index in [1.807, 2.05) is 0 Å². The minimum absolute atomic E-state index is 0.0332. The van der Waals surface area contributed by atoms with Crippen molar-refractivity contribution in [1.82, 2.24) is 0 Å². The topological polar surface area (TPSA) is 80.4 Å². The van der Waals surface area contributed by atoms with E-state index in [2.05, 4.69) is 11.8 Å². The van der Waals surface area contributed by atoms with Crippen molar-refractivity contribution in [2.75, 3.05) is 6.54 Å². The summed E-state index contributed by atoms with van der Waals surface area (Å²) in [5.41, 5.74) is 5.31. The minimum Gasteiger partial charge on any atom is -0.481 e. The molecule has 0 saturated heterocycles. The summed E-state index contributed by atoms with van der Waals surface area (Å²) < 4.78 is 0. The number of aliphatic carboxylic acids is 1. The van der Waals surface area contributed by atoms with Crippen LogP contribution >= 0.6 is 11.3 Å². The molecule has 0 radical (unpaired) electrons. The lowest BCUT2D eigenvalue weighted by Crippen LogP contribution is -2.01. The third-order valence-electron chi connectivity index (χ3n) is 1.93. The molecular weight excluding hydrogens is 238 g/mol. The highest BCUT2D eigenvalue weighted by Gasteiger charge is 2.10. The number of Topliss-reactive ketones (excluding diaryl/α,β-unsaturated/α-hetero) is 1. The molecule has 0 aromatic carbocycles. The maximum Gasteiger partial charge on any atom is 0.303 e. The number of thiophene rings is 1. The van der Waals surface area contributed by atoms with Gasteiger partial charge in [-0.25, -0.2) is 0 Å². The van der Waals surface area contributed by atoms with Gasteiger partial charge in [0, 0.05) is 19.4 Å². The summed E-state index contributed by atoms with van der Waals surface area (Å²) in [6.07, 6.45) is 0.524. The van der Waals surface area contributed by atoms with Crippen LogP contribution in [0.4, 0.5) is 0 Å². The number of nitrogens with two attached hydrogens (primary N) is 1. The van der Waals surface area contributed by atoms with Gasteiger partial charge in [-0.05, 0) is 12.1 Å². The van der Waals surface area contributed by atoms with Crippen LogP contribution in [0.2, 0.25) is 0 Å². The summed E-state index contributed by atoms with van der Waals surface area (Å²) in [6, 6.07) is 3.45. The zero-order chi connectivity index (χ0) is 12.7. The van der Waals surface area contributed by atoms with Crippen molar-refractivity contribution in [3.05, 3.63) is 21.9 Å². The van der Waals surface area contributed by atoms with Gasteiger partial charge in [-0.1, -0.05) is 11.8 Å². The second-order valence-corrected chi connectivity index (χ2v) is 4.41. The molecule has 0 aliphatic heterocycles. The number of rotatable bonds is 5. The average Bonchev–Trinajstić information content (AvgIpc) is 2.75. The Balaban J connectivity index is 2.59. The molecule has 0 aliphatic carbocycles. The number of hydrogen-bond donors (Lipinski definition) is 2. The maximum atomic E-state index is 11.6. The average molecular weight is 251 g/mol. The lowest BCUT2D eigenvalue weighted by atomic mass is 10.2. The fourth-order valence-electron chi connectivity index (χ4n) is 1.12. The van der Waals surface area contributed by atoms with Crippen molar-refractivity contribution < 1.29 is 14.7 Å². The van der Waals surface area contributed by atoms with Crippen molar-refractivity contribution in [3.63, 3.8) is 0 Å². The molecular formula is C12H13NO3S. The molecule has 5 heteroatoms. The van der Waals surface area contributed by atoms with Crippen LogP contribution in [0, 0.1) is 11.8 Å². The highest BCUT2D eigenvalue weighted by atomic mass is 32.1. The van der Waals surface area contributed by atoms with E-state index in [4.69, 9.17) is 10.8 Å². The van der Waals surface area contributed by atoms with Gasteiger partial charge in [0.15, 0.2) is 5.78 Å². The number of carbonyl (C=O) groups excluding carboxylic acids is 1. The Morgan fingerprint density at radius 1 is 1.35 bits per heavy atom. The van der Waals surface area contributed by atoms with Gasteiger partial charge in [-0.3, -0.25) is 9.59 Å². The Kier molecular flexibility index (Phi) is 5.40. The Morgan fingerprint density at radius 3 is 2.76 bits per heavy atom. The summed E-state index contributed by atoms with van der Waals surface area (Å²) in [5, 5.41) is 8.47. The normalized spacial score (nSPS) is 9.47. The van der Waals surface area contributed by atoms with Crippen molar-refractivity contribution in [1.29, 1.82) is 0 Å². The molecule has 0 amide bonds. The van der Waals surface area contributed by atoms with Crippen molar-refractivity contribution in [2.24, 2.45) is 5.73 Å². The Hall–Kier alpha value is -1.64. The molecule has 0 atom stereocenters. The summed E-state index contributed by atoms with van der Waals surface area (Å²) >= 11 is 1.29. The van der Waals surface area contributed by atoms with Crippen molar-refractivity contribution >= 4 is 23.1 Å². The van der Waals surface area contributed by atoms with E-state index >= 15 is 0 Å². The molecule has 90 valence electrons. The first-order valence-electron chi connectivity index (χ1n) is 5.17. The standard InChI is InChI=1S/C12H13NO3S/c13-8-2-1-3-9-4-6-11(17-9)10(14)5-7-12(15)16/h4,6H,2,5,7-8,13H2,(H,15,16). The quantitative estimate of drug-likeness (QED) is 0.614. The van der Waals surface area contributed by atoms with Gasteiger partial charge in [0.25, 0.3) is 0 Å². The molecule has 3 N–H and O–H groups in total. The fourth-order valence-corrected chi connectivity index (χ4v) is 1.97. The lowest BCUT2D eigenvalue weighted by Gasteiger charge is -1.93. The lowest BCUT2D eigenvalue weighted by molar-refractivity contribution is -0.136. The largest absolute Gasteiger partial charge is 0.481 e. The van der Waals surface area contributed by atoms with Gasteiger partial charge in [-0.2, -0.15) is 0 Å². The van der Waals surface area contributed by atoms with Crippen LogP contribution in [0.25, 0.3) is 0 Å². The number of ketones is 1. The van der Waals surface area contributed by atoms with Gasteiger partial charge in [-0.15, -0.1) is 11.3 Å². The van der Waals surface area contributed by atoms with Crippen LogP contribution < -0.4 is 5.73 Å². The van der Waals surface area contributed by atoms with Crippen LogP contribution in [-0.2, 0) is 4.79 Å². The minimum atomic E-state index is -0.960. The molecule has 0 spiro atoms. The SMILES string of the molecule is NCCC#Cc1ccc(C(=O)CCC(=O)O)s1. The number of carbonyl (C=O) groups is 2. The van der Waals surface area contributed by atoms with Crippen LogP contribution in [0.15, 0.2) is 12.1 Å². The molecule has 1 aromatic rings. The molecule has 17 heavy (non-hydrogen) atoms. The smallest absolute Gasteiger partial charge is 0.303 e. The van der Waals surface area contributed by atoms with E-state index in [0.717, 1.165) is 4.88 Å². The Bertz CT molecular complexity index is 468. The highest BCUT2D eigenvalue weighted by Crippen LogP contribution is 2.17. The number of carboxylic acids is 1. The number of carboxylic acid groups (broad SMARTS) is 1. The molecule has 0 aliphatic rings. The Labute approximate surface area is 103 Å². The van der Waals surface area contributed by atoms with E-state index in [9.17, 15) is 9.59 Å². The zero-order valence-electron chi connectivity index (χ0n) is 9.23. The molecule has 1 rings (SSSR count). The molecule has 0 saturated carbocycles.